The highest BCUT2D eigenvalue weighted by atomic mass is 16.5. The van der Waals surface area contributed by atoms with Gasteiger partial charge in [-0.2, -0.15) is 0 Å². The lowest BCUT2D eigenvalue weighted by Crippen LogP contribution is -2.36. The van der Waals surface area contributed by atoms with Gasteiger partial charge >= 0.3 is 0 Å². The van der Waals surface area contributed by atoms with Crippen molar-refractivity contribution in [3.8, 4) is 0 Å². The second-order valence-electron chi connectivity index (χ2n) is 6.00. The average molecular weight is 322 g/mol. The van der Waals surface area contributed by atoms with Gasteiger partial charge in [-0.05, 0) is 61.4 Å². The van der Waals surface area contributed by atoms with Crippen molar-refractivity contribution in [2.75, 3.05) is 31.2 Å². The molecule has 124 valence electrons. The summed E-state index contributed by atoms with van der Waals surface area (Å²) in [7, 11) is 0. The third-order valence-corrected chi connectivity index (χ3v) is 4.26. The average Bonchev–Trinajstić information content (AvgIpc) is 2.62. The van der Waals surface area contributed by atoms with Gasteiger partial charge in [0.2, 0.25) is 0 Å². The number of hydrogen-bond acceptors (Lipinski definition) is 4. The van der Waals surface area contributed by atoms with Gasteiger partial charge in [0.1, 0.15) is 0 Å². The van der Waals surface area contributed by atoms with Crippen LogP contribution >= 0.6 is 0 Å². The molecule has 4 heteroatoms. The van der Waals surface area contributed by atoms with Crippen LogP contribution in [0.15, 0.2) is 47.5 Å². The van der Waals surface area contributed by atoms with Crippen LogP contribution in [-0.2, 0) is 4.74 Å². The predicted molar refractivity (Wildman–Crippen MR) is 97.9 cm³/mol. The first-order valence-corrected chi connectivity index (χ1v) is 8.22. The van der Waals surface area contributed by atoms with Gasteiger partial charge in [0.05, 0.1) is 18.9 Å². The summed E-state index contributed by atoms with van der Waals surface area (Å²) in [6.45, 7) is 7.13. The molecule has 0 spiro atoms. The number of anilines is 1. The zero-order valence-electron chi connectivity index (χ0n) is 14.2. The van der Waals surface area contributed by atoms with Gasteiger partial charge < -0.3 is 9.64 Å². The van der Waals surface area contributed by atoms with Crippen LogP contribution < -0.4 is 4.90 Å². The zero-order chi connectivity index (χ0) is 16.9. The number of carbonyl (C=O) groups excluding carboxylic acids is 1. The first-order chi connectivity index (χ1) is 11.6. The highest BCUT2D eigenvalue weighted by Gasteiger charge is 2.11. The molecule has 1 aliphatic rings. The molecule has 0 bridgehead atoms. The maximum absolute atomic E-state index is 11.3. The van der Waals surface area contributed by atoms with Gasteiger partial charge in [0, 0.05) is 30.6 Å². The van der Waals surface area contributed by atoms with Crippen LogP contribution in [0.2, 0.25) is 0 Å². The lowest BCUT2D eigenvalue weighted by Gasteiger charge is -2.29. The Morgan fingerprint density at radius 1 is 1.12 bits per heavy atom. The molecule has 1 aliphatic heterocycles. The van der Waals surface area contributed by atoms with E-state index in [2.05, 4.69) is 35.0 Å². The standard InChI is InChI=1S/C20H22N2O2/c1-15-13-20(22-9-11-24-12-10-22)8-5-18(15)14-21-19-6-3-17(4-7-19)16(2)23/h3-8,13-14H,9-12H2,1-2H3. The zero-order valence-corrected chi connectivity index (χ0v) is 14.2. The molecule has 2 aromatic rings. The first-order valence-electron chi connectivity index (χ1n) is 8.22. The maximum atomic E-state index is 11.3. The molecule has 24 heavy (non-hydrogen) atoms. The molecule has 0 amide bonds. The van der Waals surface area contributed by atoms with Crippen molar-refractivity contribution in [3.05, 3.63) is 59.2 Å². The second kappa shape index (κ2) is 7.41. The molecule has 0 aliphatic carbocycles. The quantitative estimate of drug-likeness (QED) is 0.635. The molecule has 4 nitrogen and oxygen atoms in total. The monoisotopic (exact) mass is 322 g/mol. The summed E-state index contributed by atoms with van der Waals surface area (Å²) in [6.07, 6.45) is 1.88. The third-order valence-electron chi connectivity index (χ3n) is 4.26. The predicted octanol–water partition coefficient (Wildman–Crippen LogP) is 3.78. The first kappa shape index (κ1) is 16.4. The lowest BCUT2D eigenvalue weighted by atomic mass is 10.1. The van der Waals surface area contributed by atoms with Crippen LogP contribution in [0.1, 0.15) is 28.4 Å². The summed E-state index contributed by atoms with van der Waals surface area (Å²) < 4.78 is 5.40. The molecular weight excluding hydrogens is 300 g/mol. The van der Waals surface area contributed by atoms with Crippen molar-refractivity contribution in [2.24, 2.45) is 4.99 Å². The van der Waals surface area contributed by atoms with Crippen molar-refractivity contribution in [1.29, 1.82) is 0 Å². The fourth-order valence-corrected chi connectivity index (χ4v) is 2.75. The van der Waals surface area contributed by atoms with Crippen LogP contribution in [0.25, 0.3) is 0 Å². The molecule has 1 saturated heterocycles. The fourth-order valence-electron chi connectivity index (χ4n) is 2.75. The number of morpholine rings is 1. The van der Waals surface area contributed by atoms with E-state index in [4.69, 9.17) is 4.74 Å². The summed E-state index contributed by atoms with van der Waals surface area (Å²) in [6, 6.07) is 13.8. The Morgan fingerprint density at radius 3 is 2.46 bits per heavy atom. The van der Waals surface area contributed by atoms with E-state index in [1.165, 1.54) is 11.3 Å². The minimum absolute atomic E-state index is 0.0695. The Kier molecular flexibility index (Phi) is 5.06. The minimum atomic E-state index is 0.0695. The van der Waals surface area contributed by atoms with Crippen molar-refractivity contribution >= 4 is 23.4 Å². The molecule has 1 heterocycles. The number of ketones is 1. The fraction of sp³-hybridized carbons (Fsp3) is 0.300. The van der Waals surface area contributed by atoms with E-state index in [0.29, 0.717) is 5.56 Å². The summed E-state index contributed by atoms with van der Waals surface area (Å²) >= 11 is 0. The number of nitrogens with zero attached hydrogens (tertiary/aromatic N) is 2. The summed E-state index contributed by atoms with van der Waals surface area (Å²) in [5, 5.41) is 0. The van der Waals surface area contributed by atoms with E-state index >= 15 is 0 Å². The van der Waals surface area contributed by atoms with Crippen LogP contribution in [0.4, 0.5) is 11.4 Å². The largest absolute Gasteiger partial charge is 0.378 e. The van der Waals surface area contributed by atoms with E-state index < -0.39 is 0 Å². The number of aliphatic imine (C=N–C) groups is 1. The van der Waals surface area contributed by atoms with E-state index in [0.717, 1.165) is 37.6 Å². The molecule has 0 unspecified atom stereocenters. The Morgan fingerprint density at radius 2 is 1.83 bits per heavy atom. The van der Waals surface area contributed by atoms with E-state index in [1.807, 2.05) is 30.5 Å². The Balaban J connectivity index is 1.73. The minimum Gasteiger partial charge on any atom is -0.378 e. The number of benzene rings is 2. The number of ether oxygens (including phenoxy) is 1. The van der Waals surface area contributed by atoms with E-state index in [9.17, 15) is 4.79 Å². The summed E-state index contributed by atoms with van der Waals surface area (Å²) in [5.74, 6) is 0.0695. The summed E-state index contributed by atoms with van der Waals surface area (Å²) in [5.41, 5.74) is 5.08. The molecule has 0 atom stereocenters. The van der Waals surface area contributed by atoms with Gasteiger partial charge in [-0.1, -0.05) is 6.07 Å². The molecule has 0 N–H and O–H groups in total. The van der Waals surface area contributed by atoms with Crippen molar-refractivity contribution in [2.45, 2.75) is 13.8 Å². The number of aryl methyl sites for hydroxylation is 1. The Bertz CT molecular complexity index is 745. The second-order valence-corrected chi connectivity index (χ2v) is 6.00. The normalized spacial score (nSPS) is 15.0. The van der Waals surface area contributed by atoms with Gasteiger partial charge in [-0.15, -0.1) is 0 Å². The molecule has 1 fully saturated rings. The number of Topliss-reactive ketones (excluding diaryl/α,β-unsaturated/α-hetero) is 1. The molecule has 2 aromatic carbocycles. The number of rotatable bonds is 4. The maximum Gasteiger partial charge on any atom is 0.159 e. The van der Waals surface area contributed by atoms with Crippen LogP contribution in [0.3, 0.4) is 0 Å². The van der Waals surface area contributed by atoms with Crippen LogP contribution in [-0.4, -0.2) is 38.3 Å². The topological polar surface area (TPSA) is 41.9 Å². The van der Waals surface area contributed by atoms with Crippen molar-refractivity contribution in [1.82, 2.24) is 0 Å². The Labute approximate surface area is 142 Å². The molecular formula is C20H22N2O2. The van der Waals surface area contributed by atoms with E-state index in [1.54, 1.807) is 6.92 Å². The summed E-state index contributed by atoms with van der Waals surface area (Å²) in [4.78, 5) is 18.1. The third kappa shape index (κ3) is 3.89. The van der Waals surface area contributed by atoms with Crippen LogP contribution in [0.5, 0.6) is 0 Å². The van der Waals surface area contributed by atoms with Gasteiger partial charge in [-0.3, -0.25) is 9.79 Å². The van der Waals surface area contributed by atoms with Gasteiger partial charge in [-0.25, -0.2) is 0 Å². The molecule has 0 radical (unpaired) electrons. The SMILES string of the molecule is CC(=O)c1ccc(N=Cc2ccc(N3CCOCC3)cc2C)cc1. The van der Waals surface area contributed by atoms with Crippen molar-refractivity contribution in [3.63, 3.8) is 0 Å². The lowest BCUT2D eigenvalue weighted by molar-refractivity contribution is 0.101. The number of hydrogen-bond donors (Lipinski definition) is 0. The smallest absolute Gasteiger partial charge is 0.159 e. The highest BCUT2D eigenvalue weighted by molar-refractivity contribution is 5.94. The highest BCUT2D eigenvalue weighted by Crippen LogP contribution is 2.20. The van der Waals surface area contributed by atoms with Gasteiger partial charge in [0.25, 0.3) is 0 Å². The Hall–Kier alpha value is -2.46. The molecule has 3 rings (SSSR count). The number of carbonyl (C=O) groups is 1. The van der Waals surface area contributed by atoms with Gasteiger partial charge in [0.15, 0.2) is 5.78 Å². The van der Waals surface area contributed by atoms with Crippen molar-refractivity contribution < 1.29 is 9.53 Å². The molecule has 0 aromatic heterocycles. The molecule has 0 saturated carbocycles. The van der Waals surface area contributed by atoms with E-state index in [-0.39, 0.29) is 5.78 Å². The van der Waals surface area contributed by atoms with Crippen LogP contribution in [0, 0.1) is 6.92 Å².